The normalized spacial score (nSPS) is 42.2. The van der Waals surface area contributed by atoms with Crippen LogP contribution in [0.15, 0.2) is 0 Å². The summed E-state index contributed by atoms with van der Waals surface area (Å²) in [7, 11) is 0. The van der Waals surface area contributed by atoms with Gasteiger partial charge in [0.1, 0.15) is 0 Å². The number of hydrogen-bond donors (Lipinski definition) is 2. The zero-order valence-corrected chi connectivity index (χ0v) is 6.84. The standard InChI is InChI=1S/C8H10O5/c9-7(10)3-1-5-6(13-5)2-4(3)8(11)12/h3-6H,1-2H2,(H,9,10)(H,11,12)/t3-,4+,5+,6-. The van der Waals surface area contributed by atoms with Crippen molar-refractivity contribution in [2.24, 2.45) is 11.8 Å². The molecule has 2 fully saturated rings. The van der Waals surface area contributed by atoms with Crippen LogP contribution >= 0.6 is 0 Å². The van der Waals surface area contributed by atoms with E-state index in [2.05, 4.69) is 0 Å². The fourth-order valence-corrected chi connectivity index (χ4v) is 1.97. The molecule has 2 rings (SSSR count). The van der Waals surface area contributed by atoms with Crippen molar-refractivity contribution in [3.63, 3.8) is 0 Å². The first-order valence-electron chi connectivity index (χ1n) is 4.20. The summed E-state index contributed by atoms with van der Waals surface area (Å²) in [6.45, 7) is 0. The summed E-state index contributed by atoms with van der Waals surface area (Å²) >= 11 is 0. The largest absolute Gasteiger partial charge is 0.481 e. The summed E-state index contributed by atoms with van der Waals surface area (Å²) in [5.74, 6) is -3.61. The van der Waals surface area contributed by atoms with Crippen molar-refractivity contribution < 1.29 is 24.5 Å². The molecule has 0 aromatic carbocycles. The molecule has 0 unspecified atom stereocenters. The quantitative estimate of drug-likeness (QED) is 0.590. The molecule has 13 heavy (non-hydrogen) atoms. The Hall–Kier alpha value is -1.10. The van der Waals surface area contributed by atoms with E-state index in [0.717, 1.165) is 0 Å². The number of aliphatic carboxylic acids is 2. The SMILES string of the molecule is O=C(O)[C@H]1C[C@H]2O[C@H]2C[C@H]1C(=O)O. The second-order valence-electron chi connectivity index (χ2n) is 3.57. The van der Waals surface area contributed by atoms with Crippen LogP contribution in [0.2, 0.25) is 0 Å². The number of fused-ring (bicyclic) bond motifs is 1. The second-order valence-corrected chi connectivity index (χ2v) is 3.57. The predicted molar refractivity (Wildman–Crippen MR) is 40.1 cm³/mol. The van der Waals surface area contributed by atoms with E-state index in [1.807, 2.05) is 0 Å². The molecule has 2 aliphatic rings. The van der Waals surface area contributed by atoms with Crippen LogP contribution in [0, 0.1) is 11.8 Å². The van der Waals surface area contributed by atoms with Crippen molar-refractivity contribution in [3.05, 3.63) is 0 Å². The molecule has 0 amide bonds. The predicted octanol–water partition coefficient (Wildman–Crippen LogP) is -0.0508. The first-order chi connectivity index (χ1) is 6.09. The summed E-state index contributed by atoms with van der Waals surface area (Å²) in [4.78, 5) is 21.4. The van der Waals surface area contributed by atoms with Gasteiger partial charge in [0, 0.05) is 0 Å². The van der Waals surface area contributed by atoms with Gasteiger partial charge in [-0.1, -0.05) is 0 Å². The van der Waals surface area contributed by atoms with E-state index >= 15 is 0 Å². The molecule has 72 valence electrons. The molecule has 2 N–H and O–H groups in total. The molecule has 1 saturated carbocycles. The highest BCUT2D eigenvalue weighted by molar-refractivity contribution is 5.80. The highest BCUT2D eigenvalue weighted by Gasteiger charge is 2.52. The molecule has 0 bridgehead atoms. The molecule has 1 saturated heterocycles. The molecule has 0 aromatic rings. The molecule has 4 atom stereocenters. The van der Waals surface area contributed by atoms with Gasteiger partial charge >= 0.3 is 11.9 Å². The lowest BCUT2D eigenvalue weighted by Gasteiger charge is -2.21. The smallest absolute Gasteiger partial charge is 0.307 e. The van der Waals surface area contributed by atoms with Gasteiger partial charge in [0.15, 0.2) is 0 Å². The fraction of sp³-hybridized carbons (Fsp3) is 0.750. The summed E-state index contributed by atoms with van der Waals surface area (Å²) in [5.41, 5.74) is 0. The average molecular weight is 186 g/mol. The van der Waals surface area contributed by atoms with Crippen molar-refractivity contribution in [1.29, 1.82) is 0 Å². The number of rotatable bonds is 2. The van der Waals surface area contributed by atoms with Crippen LogP contribution in [0.1, 0.15) is 12.8 Å². The second kappa shape index (κ2) is 2.70. The lowest BCUT2D eigenvalue weighted by atomic mass is 9.79. The number of ether oxygens (including phenoxy) is 1. The van der Waals surface area contributed by atoms with Crippen LogP contribution in [-0.2, 0) is 14.3 Å². The van der Waals surface area contributed by atoms with E-state index in [9.17, 15) is 9.59 Å². The van der Waals surface area contributed by atoms with E-state index in [1.54, 1.807) is 0 Å². The Labute approximate surface area is 74.3 Å². The van der Waals surface area contributed by atoms with E-state index < -0.39 is 23.8 Å². The number of epoxide rings is 1. The maximum atomic E-state index is 10.7. The van der Waals surface area contributed by atoms with Gasteiger partial charge in [-0.25, -0.2) is 0 Å². The summed E-state index contributed by atoms with van der Waals surface area (Å²) < 4.78 is 5.11. The molecule has 1 aliphatic carbocycles. The van der Waals surface area contributed by atoms with Crippen LogP contribution in [0.3, 0.4) is 0 Å². The first kappa shape index (κ1) is 8.50. The van der Waals surface area contributed by atoms with Gasteiger partial charge in [-0.15, -0.1) is 0 Å². The van der Waals surface area contributed by atoms with Crippen molar-refractivity contribution in [2.75, 3.05) is 0 Å². The van der Waals surface area contributed by atoms with Crippen LogP contribution in [0.25, 0.3) is 0 Å². The van der Waals surface area contributed by atoms with Gasteiger partial charge in [-0.3, -0.25) is 9.59 Å². The van der Waals surface area contributed by atoms with Gasteiger partial charge in [0.25, 0.3) is 0 Å². The summed E-state index contributed by atoms with van der Waals surface area (Å²) in [5, 5.41) is 17.5. The van der Waals surface area contributed by atoms with E-state index in [1.165, 1.54) is 0 Å². The molecule has 0 aromatic heterocycles. The fourth-order valence-electron chi connectivity index (χ4n) is 1.97. The highest BCUT2D eigenvalue weighted by atomic mass is 16.6. The third-order valence-corrected chi connectivity index (χ3v) is 2.78. The van der Waals surface area contributed by atoms with Gasteiger partial charge in [0.05, 0.1) is 24.0 Å². The molecule has 0 spiro atoms. The van der Waals surface area contributed by atoms with Crippen LogP contribution in [0.5, 0.6) is 0 Å². The van der Waals surface area contributed by atoms with Crippen molar-refractivity contribution >= 4 is 11.9 Å². The minimum atomic E-state index is -1.03. The summed E-state index contributed by atoms with van der Waals surface area (Å²) in [6.07, 6.45) is 0.682. The number of carbonyl (C=O) groups is 2. The Morgan fingerprint density at radius 3 is 1.69 bits per heavy atom. The Kier molecular flexibility index (Phi) is 1.76. The third kappa shape index (κ3) is 1.39. The Morgan fingerprint density at radius 1 is 1.00 bits per heavy atom. The molecule has 1 aliphatic heterocycles. The zero-order chi connectivity index (χ0) is 9.59. The lowest BCUT2D eigenvalue weighted by molar-refractivity contribution is -0.155. The molecular weight excluding hydrogens is 176 g/mol. The average Bonchev–Trinajstić information content (AvgIpc) is 2.78. The number of hydrogen-bond acceptors (Lipinski definition) is 3. The van der Waals surface area contributed by atoms with E-state index in [0.29, 0.717) is 12.8 Å². The van der Waals surface area contributed by atoms with E-state index in [4.69, 9.17) is 14.9 Å². The van der Waals surface area contributed by atoms with E-state index in [-0.39, 0.29) is 12.2 Å². The van der Waals surface area contributed by atoms with Gasteiger partial charge in [-0.2, -0.15) is 0 Å². The third-order valence-electron chi connectivity index (χ3n) is 2.78. The van der Waals surface area contributed by atoms with Gasteiger partial charge < -0.3 is 14.9 Å². The molecule has 0 radical (unpaired) electrons. The maximum absolute atomic E-state index is 10.7. The molecule has 5 heteroatoms. The Bertz CT molecular complexity index is 235. The molecule has 5 nitrogen and oxygen atoms in total. The number of carboxylic acid groups (broad SMARTS) is 2. The minimum absolute atomic E-state index is 0.00306. The van der Waals surface area contributed by atoms with Crippen molar-refractivity contribution in [1.82, 2.24) is 0 Å². The number of carboxylic acids is 2. The van der Waals surface area contributed by atoms with Crippen LogP contribution < -0.4 is 0 Å². The maximum Gasteiger partial charge on any atom is 0.307 e. The lowest BCUT2D eigenvalue weighted by Crippen LogP contribution is -2.35. The highest BCUT2D eigenvalue weighted by Crippen LogP contribution is 2.42. The Balaban J connectivity index is 2.12. The van der Waals surface area contributed by atoms with Crippen LogP contribution in [-0.4, -0.2) is 34.4 Å². The topological polar surface area (TPSA) is 87.1 Å². The monoisotopic (exact) mass is 186 g/mol. The molecule has 1 heterocycles. The first-order valence-corrected chi connectivity index (χ1v) is 4.20. The van der Waals surface area contributed by atoms with Crippen LogP contribution in [0.4, 0.5) is 0 Å². The zero-order valence-electron chi connectivity index (χ0n) is 6.84. The minimum Gasteiger partial charge on any atom is -0.481 e. The van der Waals surface area contributed by atoms with Crippen molar-refractivity contribution in [2.45, 2.75) is 25.0 Å². The van der Waals surface area contributed by atoms with Gasteiger partial charge in [-0.05, 0) is 12.8 Å². The Morgan fingerprint density at radius 2 is 1.38 bits per heavy atom. The van der Waals surface area contributed by atoms with Gasteiger partial charge in [0.2, 0.25) is 0 Å². The van der Waals surface area contributed by atoms with Crippen molar-refractivity contribution in [3.8, 4) is 0 Å². The summed E-state index contributed by atoms with van der Waals surface area (Å²) in [6, 6.07) is 0. The molecular formula is C8H10O5.